The van der Waals surface area contributed by atoms with Crippen molar-refractivity contribution < 1.29 is 9.47 Å². The molecule has 0 saturated carbocycles. The van der Waals surface area contributed by atoms with Gasteiger partial charge < -0.3 is 14.8 Å². The molecule has 3 nitrogen and oxygen atoms in total. The summed E-state index contributed by atoms with van der Waals surface area (Å²) in [6.45, 7) is 6.86. The van der Waals surface area contributed by atoms with Gasteiger partial charge in [-0.2, -0.15) is 0 Å². The lowest BCUT2D eigenvalue weighted by atomic mass is 9.90. The molecular weight excluding hydrogens is 238 g/mol. The van der Waals surface area contributed by atoms with Crippen LogP contribution in [0.2, 0.25) is 0 Å². The monoisotopic (exact) mass is 261 g/mol. The maximum Gasteiger partial charge on any atom is 0.119 e. The zero-order valence-electron chi connectivity index (χ0n) is 11.7. The minimum Gasteiger partial charge on any atom is -0.493 e. The van der Waals surface area contributed by atoms with E-state index in [2.05, 4.69) is 36.5 Å². The van der Waals surface area contributed by atoms with Crippen LogP contribution < -0.4 is 10.1 Å². The van der Waals surface area contributed by atoms with Gasteiger partial charge in [0.05, 0.1) is 19.8 Å². The van der Waals surface area contributed by atoms with Crippen molar-refractivity contribution in [1.29, 1.82) is 0 Å². The van der Waals surface area contributed by atoms with Gasteiger partial charge in [-0.3, -0.25) is 0 Å². The Kier molecular flexibility index (Phi) is 3.76. The molecule has 1 aromatic carbocycles. The van der Waals surface area contributed by atoms with Gasteiger partial charge in [0.15, 0.2) is 0 Å². The molecular formula is C16H23NO2. The van der Waals surface area contributed by atoms with Crippen LogP contribution in [0.25, 0.3) is 0 Å². The summed E-state index contributed by atoms with van der Waals surface area (Å²) in [6.07, 6.45) is 2.57. The Hall–Kier alpha value is -1.06. The topological polar surface area (TPSA) is 30.5 Å². The largest absolute Gasteiger partial charge is 0.493 e. The second-order valence-electron chi connectivity index (χ2n) is 6.20. The molecule has 104 valence electrons. The second-order valence-corrected chi connectivity index (χ2v) is 6.20. The van der Waals surface area contributed by atoms with E-state index in [0.717, 1.165) is 32.1 Å². The van der Waals surface area contributed by atoms with Gasteiger partial charge in [-0.15, -0.1) is 0 Å². The molecule has 2 fully saturated rings. The number of nitrogens with one attached hydrogen (secondary N) is 1. The number of hydrogen-bond acceptors (Lipinski definition) is 3. The molecule has 1 unspecified atom stereocenters. The van der Waals surface area contributed by atoms with Crippen LogP contribution in [0.1, 0.15) is 31.2 Å². The number of ether oxygens (including phenoxy) is 2. The molecule has 0 spiro atoms. The van der Waals surface area contributed by atoms with Crippen LogP contribution in [0.5, 0.6) is 5.75 Å². The highest BCUT2D eigenvalue weighted by atomic mass is 16.5. The highest BCUT2D eigenvalue weighted by Gasteiger charge is 2.34. The zero-order chi connectivity index (χ0) is 13.1. The van der Waals surface area contributed by atoms with E-state index in [0.29, 0.717) is 5.92 Å². The zero-order valence-corrected chi connectivity index (χ0v) is 11.7. The van der Waals surface area contributed by atoms with Crippen LogP contribution in [0.3, 0.4) is 0 Å². The summed E-state index contributed by atoms with van der Waals surface area (Å²) >= 11 is 0. The van der Waals surface area contributed by atoms with Crippen LogP contribution in [-0.4, -0.2) is 32.9 Å². The summed E-state index contributed by atoms with van der Waals surface area (Å²) < 4.78 is 11.1. The molecule has 19 heavy (non-hydrogen) atoms. The third-order valence-electron chi connectivity index (χ3n) is 4.14. The van der Waals surface area contributed by atoms with Crippen LogP contribution in [0.15, 0.2) is 24.3 Å². The number of piperidine rings is 1. The molecule has 2 aliphatic heterocycles. The first kappa shape index (κ1) is 12.9. The fraction of sp³-hybridized carbons (Fsp3) is 0.625. The Balaban J connectivity index is 1.55. The van der Waals surface area contributed by atoms with Gasteiger partial charge in [0.25, 0.3) is 0 Å². The summed E-state index contributed by atoms with van der Waals surface area (Å²) in [6, 6.07) is 8.64. The number of rotatable bonds is 4. The Labute approximate surface area is 115 Å². The van der Waals surface area contributed by atoms with Crippen LogP contribution in [0.4, 0.5) is 0 Å². The van der Waals surface area contributed by atoms with Crippen LogP contribution in [0, 0.1) is 5.41 Å². The van der Waals surface area contributed by atoms with Crippen molar-refractivity contribution in [3.05, 3.63) is 29.8 Å². The smallest absolute Gasteiger partial charge is 0.119 e. The van der Waals surface area contributed by atoms with Crippen molar-refractivity contribution >= 4 is 0 Å². The van der Waals surface area contributed by atoms with E-state index in [1.54, 1.807) is 0 Å². The van der Waals surface area contributed by atoms with E-state index in [1.807, 2.05) is 0 Å². The normalized spacial score (nSPS) is 25.6. The average molecular weight is 261 g/mol. The van der Waals surface area contributed by atoms with Crippen molar-refractivity contribution in [3.63, 3.8) is 0 Å². The minimum absolute atomic E-state index is 0.214. The Morgan fingerprint density at radius 1 is 1.32 bits per heavy atom. The highest BCUT2D eigenvalue weighted by Crippen LogP contribution is 2.29. The molecule has 0 bridgehead atoms. The second kappa shape index (κ2) is 5.51. The fourth-order valence-corrected chi connectivity index (χ4v) is 2.76. The van der Waals surface area contributed by atoms with E-state index in [1.165, 1.54) is 24.9 Å². The van der Waals surface area contributed by atoms with Crippen LogP contribution in [-0.2, 0) is 4.74 Å². The van der Waals surface area contributed by atoms with Gasteiger partial charge in [0.2, 0.25) is 0 Å². The molecule has 0 amide bonds. The van der Waals surface area contributed by atoms with Gasteiger partial charge in [0.1, 0.15) is 5.75 Å². The van der Waals surface area contributed by atoms with Crippen molar-refractivity contribution in [2.24, 2.45) is 5.41 Å². The van der Waals surface area contributed by atoms with Gasteiger partial charge >= 0.3 is 0 Å². The standard InChI is InChI=1S/C16H23NO2/c1-16(10-18-11-16)12-19-15-6-4-13(5-7-15)14-3-2-8-17-9-14/h4-7,14,17H,2-3,8-12H2,1H3. The first-order valence-electron chi connectivity index (χ1n) is 7.26. The van der Waals surface area contributed by atoms with Crippen molar-refractivity contribution in [1.82, 2.24) is 5.32 Å². The van der Waals surface area contributed by atoms with Gasteiger partial charge in [-0.25, -0.2) is 0 Å². The predicted molar refractivity (Wildman–Crippen MR) is 75.7 cm³/mol. The first-order chi connectivity index (χ1) is 9.25. The number of benzene rings is 1. The van der Waals surface area contributed by atoms with Gasteiger partial charge in [-0.1, -0.05) is 19.1 Å². The van der Waals surface area contributed by atoms with E-state index in [-0.39, 0.29) is 5.41 Å². The Bertz CT molecular complexity index is 405. The Morgan fingerprint density at radius 3 is 2.68 bits per heavy atom. The lowest BCUT2D eigenvalue weighted by Gasteiger charge is -2.37. The van der Waals surface area contributed by atoms with Gasteiger partial charge in [0, 0.05) is 12.0 Å². The summed E-state index contributed by atoms with van der Waals surface area (Å²) in [5.41, 5.74) is 1.64. The van der Waals surface area contributed by atoms with E-state index < -0.39 is 0 Å². The van der Waals surface area contributed by atoms with E-state index >= 15 is 0 Å². The van der Waals surface area contributed by atoms with Crippen molar-refractivity contribution in [2.75, 3.05) is 32.9 Å². The van der Waals surface area contributed by atoms with E-state index in [4.69, 9.17) is 9.47 Å². The fourth-order valence-electron chi connectivity index (χ4n) is 2.76. The molecule has 0 aliphatic carbocycles. The maximum absolute atomic E-state index is 5.86. The average Bonchev–Trinajstić information content (AvgIpc) is 2.45. The summed E-state index contributed by atoms with van der Waals surface area (Å²) in [7, 11) is 0. The molecule has 2 aliphatic rings. The van der Waals surface area contributed by atoms with E-state index in [9.17, 15) is 0 Å². The first-order valence-corrected chi connectivity index (χ1v) is 7.26. The molecule has 3 heteroatoms. The summed E-state index contributed by atoms with van der Waals surface area (Å²) in [5, 5.41) is 3.46. The lowest BCUT2D eigenvalue weighted by molar-refractivity contribution is -0.120. The minimum atomic E-state index is 0.214. The third kappa shape index (κ3) is 3.10. The lowest BCUT2D eigenvalue weighted by Crippen LogP contribution is -2.44. The van der Waals surface area contributed by atoms with Crippen molar-refractivity contribution in [2.45, 2.75) is 25.7 Å². The molecule has 1 atom stereocenters. The molecule has 1 N–H and O–H groups in total. The summed E-state index contributed by atoms with van der Waals surface area (Å²) in [4.78, 5) is 0. The van der Waals surface area contributed by atoms with Crippen molar-refractivity contribution in [3.8, 4) is 5.75 Å². The molecule has 3 rings (SSSR count). The molecule has 2 heterocycles. The predicted octanol–water partition coefficient (Wildman–Crippen LogP) is 2.57. The quantitative estimate of drug-likeness (QED) is 0.903. The molecule has 2 saturated heterocycles. The Morgan fingerprint density at radius 2 is 2.11 bits per heavy atom. The number of hydrogen-bond donors (Lipinski definition) is 1. The molecule has 1 aromatic rings. The third-order valence-corrected chi connectivity index (χ3v) is 4.14. The maximum atomic E-state index is 5.86. The molecule has 0 radical (unpaired) electrons. The van der Waals surface area contributed by atoms with Crippen LogP contribution >= 0.6 is 0 Å². The summed E-state index contributed by atoms with van der Waals surface area (Å²) in [5.74, 6) is 1.64. The molecule has 0 aromatic heterocycles. The van der Waals surface area contributed by atoms with Gasteiger partial charge in [-0.05, 0) is 43.0 Å². The highest BCUT2D eigenvalue weighted by molar-refractivity contribution is 5.30. The SMILES string of the molecule is CC1(COc2ccc(C3CCCNC3)cc2)COC1.